The van der Waals surface area contributed by atoms with Crippen LogP contribution in [0.5, 0.6) is 28.7 Å². The summed E-state index contributed by atoms with van der Waals surface area (Å²) in [5.41, 5.74) is 11.6. The highest BCUT2D eigenvalue weighted by Gasteiger charge is 2.42. The maximum Gasteiger partial charge on any atom is 0.161 e. The molecule has 5 N–H and O–H groups in total. The second kappa shape index (κ2) is 15.2. The smallest absolute Gasteiger partial charge is 0.161 e. The maximum absolute atomic E-state index is 11.3. The number of phenolic OH excluding ortho intramolecular Hbond substituents is 2. The van der Waals surface area contributed by atoms with Gasteiger partial charge in [0.25, 0.3) is 0 Å². The Labute approximate surface area is 326 Å². The van der Waals surface area contributed by atoms with Crippen molar-refractivity contribution in [1.29, 1.82) is 0 Å². The van der Waals surface area contributed by atoms with Gasteiger partial charge in [0.05, 0.1) is 20.4 Å². The summed E-state index contributed by atoms with van der Waals surface area (Å²) in [5.74, 6) is 2.41. The highest BCUT2D eigenvalue weighted by molar-refractivity contribution is 5.85. The van der Waals surface area contributed by atoms with Crippen LogP contribution in [0, 0.1) is 0 Å². The van der Waals surface area contributed by atoms with Crippen LogP contribution in [-0.2, 0) is 43.3 Å². The molecule has 0 radical (unpaired) electrons. The number of aliphatic hydroxyl groups excluding tert-OH is 1. The van der Waals surface area contributed by atoms with Gasteiger partial charge in [0.2, 0.25) is 0 Å². The fraction of sp³-hybridized carbons (Fsp3) is 0.319. The third-order valence-corrected chi connectivity index (χ3v) is 11.9. The van der Waals surface area contributed by atoms with Crippen LogP contribution in [0.15, 0.2) is 91.1 Å². The molecule has 9 nitrogen and oxygen atoms in total. The molecule has 6 aromatic rings. The quantitative estimate of drug-likeness (QED) is 0.0849. The molecule has 0 amide bonds. The summed E-state index contributed by atoms with van der Waals surface area (Å²) in [4.78, 5) is 3.30. The molecule has 5 aromatic carbocycles. The lowest BCUT2D eigenvalue weighted by molar-refractivity contribution is -0.0436. The van der Waals surface area contributed by atoms with Gasteiger partial charge in [-0.2, -0.15) is 0 Å². The molecule has 0 saturated heterocycles. The number of aromatic hydroxyl groups is 2. The van der Waals surface area contributed by atoms with E-state index in [0.29, 0.717) is 44.6 Å². The molecule has 4 atom stereocenters. The number of H-pyrrole nitrogens is 1. The van der Waals surface area contributed by atoms with Gasteiger partial charge >= 0.3 is 0 Å². The van der Waals surface area contributed by atoms with Gasteiger partial charge in [-0.15, -0.1) is 0 Å². The lowest BCUT2D eigenvalue weighted by atomic mass is 9.72. The van der Waals surface area contributed by atoms with Gasteiger partial charge in [0, 0.05) is 34.8 Å². The van der Waals surface area contributed by atoms with E-state index in [2.05, 4.69) is 46.7 Å². The number of phenols is 2. The van der Waals surface area contributed by atoms with E-state index in [1.54, 1.807) is 13.2 Å². The average Bonchev–Trinajstić information content (AvgIpc) is 3.70. The van der Waals surface area contributed by atoms with Crippen molar-refractivity contribution in [3.8, 4) is 39.9 Å². The van der Waals surface area contributed by atoms with Crippen LogP contribution >= 0.6 is 0 Å². The van der Waals surface area contributed by atoms with Gasteiger partial charge in [0.15, 0.2) is 17.6 Å². The number of aromatic amines is 1. The van der Waals surface area contributed by atoms with Crippen molar-refractivity contribution < 1.29 is 34.3 Å². The van der Waals surface area contributed by atoms with Crippen molar-refractivity contribution in [1.82, 2.24) is 10.3 Å². The predicted molar refractivity (Wildman–Crippen MR) is 216 cm³/mol. The number of fused-ring (bicyclic) bond motifs is 9. The third kappa shape index (κ3) is 6.63. The number of benzene rings is 5. The number of aromatic nitrogens is 1. The molecule has 1 aromatic heterocycles. The lowest BCUT2D eigenvalue weighted by Gasteiger charge is -2.41. The van der Waals surface area contributed by atoms with Crippen LogP contribution in [0.25, 0.3) is 22.0 Å². The number of hydrogen-bond acceptors (Lipinski definition) is 8. The van der Waals surface area contributed by atoms with Gasteiger partial charge in [-0.3, -0.25) is 5.32 Å². The molecule has 3 heterocycles. The van der Waals surface area contributed by atoms with Gasteiger partial charge in [-0.1, -0.05) is 42.5 Å². The van der Waals surface area contributed by atoms with Gasteiger partial charge < -0.3 is 39.3 Å². The van der Waals surface area contributed by atoms with Crippen LogP contribution in [0.4, 0.5) is 0 Å². The first-order valence-electron chi connectivity index (χ1n) is 19.7. The SMILES string of the molecule is CNCOC1Cc2c3c(c4c(c2OC1c1cc(CCc2ccccc2)c(O)c(OC)c1)CCC(CO)O4)-c1ccc(O)cc1C(Cc1ccc2[nH]ccc2c1)C3. The van der Waals surface area contributed by atoms with Crippen molar-refractivity contribution in [2.24, 2.45) is 0 Å². The number of hydrogen-bond donors (Lipinski definition) is 5. The first kappa shape index (κ1) is 36.2. The van der Waals surface area contributed by atoms with Crippen molar-refractivity contribution in [2.75, 3.05) is 27.5 Å². The standard InChI is InChI=1S/C47H48N2O7/c1-48-26-54-42-24-39-38-21-31(19-28-9-15-40-29(18-28)16-17-49-40)37-23-33(51)11-13-35(37)43(38)47-36(14-12-34(25-50)55-47)46(39)56-45(42)32-20-30(44(52)41(22-32)53-2)10-8-27-6-4-3-5-7-27/h3-7,9,11,13,15-18,20,22-23,31,34,42,45,48-52H,8,10,12,14,19,21,24-26H2,1-2H3. The fourth-order valence-electron chi connectivity index (χ4n) is 9.17. The summed E-state index contributed by atoms with van der Waals surface area (Å²) in [6.07, 6.45) is 5.58. The molecule has 3 aliphatic rings. The van der Waals surface area contributed by atoms with E-state index in [1.165, 1.54) is 16.5 Å². The summed E-state index contributed by atoms with van der Waals surface area (Å²) < 4.78 is 26.3. The zero-order chi connectivity index (χ0) is 38.3. The molecule has 0 saturated carbocycles. The minimum atomic E-state index is -0.504. The molecule has 1 aliphatic carbocycles. The lowest BCUT2D eigenvalue weighted by Crippen LogP contribution is -2.37. The highest BCUT2D eigenvalue weighted by Crippen LogP contribution is 2.56. The molecule has 0 fully saturated rings. The van der Waals surface area contributed by atoms with Crippen LogP contribution in [0.3, 0.4) is 0 Å². The zero-order valence-electron chi connectivity index (χ0n) is 31.8. The molecule has 4 unspecified atom stereocenters. The molecule has 9 rings (SSSR count). The minimum Gasteiger partial charge on any atom is -0.508 e. The second-order valence-electron chi connectivity index (χ2n) is 15.4. The van der Waals surface area contributed by atoms with E-state index in [4.69, 9.17) is 18.9 Å². The Morgan fingerprint density at radius 3 is 2.55 bits per heavy atom. The Hall–Kier alpha value is -5.48. The van der Waals surface area contributed by atoms with E-state index >= 15 is 0 Å². The van der Waals surface area contributed by atoms with E-state index in [9.17, 15) is 15.3 Å². The van der Waals surface area contributed by atoms with E-state index in [0.717, 1.165) is 74.4 Å². The Balaban J connectivity index is 1.17. The largest absolute Gasteiger partial charge is 0.508 e. The topological polar surface area (TPSA) is 125 Å². The molecule has 0 bridgehead atoms. The average molecular weight is 753 g/mol. The third-order valence-electron chi connectivity index (χ3n) is 11.9. The normalized spacial score (nSPS) is 19.6. The molecule has 56 heavy (non-hydrogen) atoms. The van der Waals surface area contributed by atoms with Crippen molar-refractivity contribution in [2.45, 2.75) is 69.2 Å². The van der Waals surface area contributed by atoms with Gasteiger partial charge in [-0.25, -0.2) is 0 Å². The number of aryl methyl sites for hydroxylation is 2. The van der Waals surface area contributed by atoms with Crippen molar-refractivity contribution in [3.63, 3.8) is 0 Å². The Morgan fingerprint density at radius 1 is 0.857 bits per heavy atom. The summed E-state index contributed by atoms with van der Waals surface area (Å²) in [6, 6.07) is 28.5. The number of methoxy groups -OCH3 is 1. The minimum absolute atomic E-state index is 0.0725. The first-order chi connectivity index (χ1) is 27.4. The number of rotatable bonds is 11. The molecule has 9 heteroatoms. The van der Waals surface area contributed by atoms with E-state index < -0.39 is 6.10 Å². The Bertz CT molecular complexity index is 2390. The van der Waals surface area contributed by atoms with Crippen LogP contribution in [0.1, 0.15) is 63.0 Å². The Kier molecular flexibility index (Phi) is 9.83. The maximum atomic E-state index is 11.3. The molecular formula is C47H48N2O7. The monoisotopic (exact) mass is 752 g/mol. The fourth-order valence-corrected chi connectivity index (χ4v) is 9.17. The van der Waals surface area contributed by atoms with Crippen molar-refractivity contribution in [3.05, 3.63) is 136 Å². The molecular weight excluding hydrogens is 705 g/mol. The number of nitrogens with one attached hydrogen (secondary N) is 2. The van der Waals surface area contributed by atoms with Crippen molar-refractivity contribution >= 4 is 10.9 Å². The van der Waals surface area contributed by atoms with Gasteiger partial charge in [0.1, 0.15) is 29.5 Å². The number of ether oxygens (including phenoxy) is 4. The summed E-state index contributed by atoms with van der Waals surface area (Å²) in [6.45, 7) is 0.247. The first-order valence-corrected chi connectivity index (χ1v) is 19.7. The second-order valence-corrected chi connectivity index (χ2v) is 15.4. The van der Waals surface area contributed by atoms with Crippen LogP contribution in [0.2, 0.25) is 0 Å². The Morgan fingerprint density at radius 2 is 1.73 bits per heavy atom. The van der Waals surface area contributed by atoms with E-state index in [1.807, 2.05) is 55.7 Å². The van der Waals surface area contributed by atoms with E-state index in [-0.39, 0.29) is 36.2 Å². The summed E-state index contributed by atoms with van der Waals surface area (Å²) in [7, 11) is 3.45. The zero-order valence-corrected chi connectivity index (χ0v) is 31.8. The highest BCUT2D eigenvalue weighted by atomic mass is 16.6. The molecule has 288 valence electrons. The predicted octanol–water partition coefficient (Wildman–Crippen LogP) is 7.85. The summed E-state index contributed by atoms with van der Waals surface area (Å²) in [5, 5.41) is 36.8. The number of aliphatic hydroxyl groups is 1. The molecule has 0 spiro atoms. The molecule has 2 aliphatic heterocycles. The van der Waals surface area contributed by atoms with Crippen LogP contribution in [-0.4, -0.2) is 60.0 Å². The van der Waals surface area contributed by atoms with Crippen LogP contribution < -0.4 is 19.5 Å². The van der Waals surface area contributed by atoms with Gasteiger partial charge in [-0.05, 0) is 138 Å². The summed E-state index contributed by atoms with van der Waals surface area (Å²) >= 11 is 0.